The van der Waals surface area contributed by atoms with E-state index in [4.69, 9.17) is 19.9 Å². The Morgan fingerprint density at radius 3 is 1.98 bits per heavy atom. The standard InChI is InChI=1S/C50H46N7.Pt/c1-32(2)55-31-56(43-21-15-14-20-42(43)55)38-27-35(26-37(29-38)50(6,7)8)48-53-46(33-16-10-9-11-17-33)52-47(54-48)34-22-23-40-39-18-12-13-19-41(39)57(44(40)28-34)45-30-36(24-25-51-45)49(3,4)5;/h9-26,29-32H,1-8H3;/q-3;. The second-order valence-corrected chi connectivity index (χ2v) is 17.2. The van der Waals surface area contributed by atoms with Crippen molar-refractivity contribution >= 4 is 38.9 Å². The van der Waals surface area contributed by atoms with Gasteiger partial charge in [0.05, 0.1) is 11.6 Å². The zero-order chi connectivity index (χ0) is 39.6. The van der Waals surface area contributed by atoms with Gasteiger partial charge in [-0.3, -0.25) is 9.97 Å². The van der Waals surface area contributed by atoms with Crippen LogP contribution in [-0.2, 0) is 31.9 Å². The number of para-hydroxylation sites is 3. The predicted molar refractivity (Wildman–Crippen MR) is 234 cm³/mol. The van der Waals surface area contributed by atoms with Crippen molar-refractivity contribution in [2.45, 2.75) is 72.3 Å². The molecule has 1 aliphatic heterocycles. The Balaban J connectivity index is 0.00000469. The van der Waals surface area contributed by atoms with Gasteiger partial charge in [0, 0.05) is 49.7 Å². The first kappa shape index (κ1) is 39.2. The fourth-order valence-electron chi connectivity index (χ4n) is 7.58. The van der Waals surface area contributed by atoms with Gasteiger partial charge >= 0.3 is 0 Å². The molecule has 4 heterocycles. The Morgan fingerprint density at radius 1 is 0.603 bits per heavy atom. The van der Waals surface area contributed by atoms with E-state index >= 15 is 0 Å². The van der Waals surface area contributed by atoms with Crippen LogP contribution in [0.5, 0.6) is 0 Å². The second kappa shape index (κ2) is 14.9. The summed E-state index contributed by atoms with van der Waals surface area (Å²) in [5.41, 5.74) is 9.84. The summed E-state index contributed by atoms with van der Waals surface area (Å²) in [7, 11) is 0. The van der Waals surface area contributed by atoms with E-state index in [0.717, 1.165) is 61.3 Å². The molecule has 9 rings (SSSR count). The van der Waals surface area contributed by atoms with Gasteiger partial charge in [-0.05, 0) is 77.5 Å². The first-order valence-electron chi connectivity index (χ1n) is 19.7. The number of aromatic nitrogens is 5. The molecule has 8 aromatic rings. The summed E-state index contributed by atoms with van der Waals surface area (Å²) in [5.74, 6) is 2.52. The number of nitrogens with zero attached hydrogens (tertiary/aromatic N) is 7. The minimum absolute atomic E-state index is 0. The van der Waals surface area contributed by atoms with Gasteiger partial charge in [0.2, 0.25) is 0 Å². The van der Waals surface area contributed by atoms with Crippen molar-refractivity contribution < 1.29 is 21.1 Å². The molecule has 0 fully saturated rings. The Morgan fingerprint density at radius 2 is 1.26 bits per heavy atom. The summed E-state index contributed by atoms with van der Waals surface area (Å²) in [6.07, 6.45) is 1.90. The van der Waals surface area contributed by atoms with Crippen LogP contribution in [0.15, 0.2) is 121 Å². The van der Waals surface area contributed by atoms with Crippen LogP contribution in [0.3, 0.4) is 0 Å². The molecular weight excluding hydrogens is 894 g/mol. The van der Waals surface area contributed by atoms with E-state index in [1.165, 1.54) is 11.3 Å². The average Bonchev–Trinajstić information content (AvgIpc) is 3.77. The summed E-state index contributed by atoms with van der Waals surface area (Å²) in [5, 5.41) is 2.22. The molecule has 0 bridgehead atoms. The van der Waals surface area contributed by atoms with Gasteiger partial charge in [-0.25, -0.2) is 4.98 Å². The van der Waals surface area contributed by atoms with E-state index in [9.17, 15) is 0 Å². The molecule has 0 amide bonds. The molecule has 0 spiro atoms. The number of anilines is 3. The van der Waals surface area contributed by atoms with Gasteiger partial charge in [-0.2, -0.15) is 6.67 Å². The molecule has 0 atom stereocenters. The minimum Gasteiger partial charge on any atom is -0.499 e. The fraction of sp³-hybridized carbons (Fsp3) is 0.220. The average molecular weight is 940 g/mol. The van der Waals surface area contributed by atoms with E-state index in [0.29, 0.717) is 17.5 Å². The molecule has 294 valence electrons. The second-order valence-electron chi connectivity index (χ2n) is 17.2. The Hall–Kier alpha value is -5.65. The molecule has 5 aromatic carbocycles. The summed E-state index contributed by atoms with van der Waals surface area (Å²) in [6.45, 7) is 20.0. The van der Waals surface area contributed by atoms with E-state index in [-0.39, 0.29) is 37.9 Å². The predicted octanol–water partition coefficient (Wildman–Crippen LogP) is 12.0. The topological polar surface area (TPSA) is 63.0 Å². The summed E-state index contributed by atoms with van der Waals surface area (Å²) >= 11 is 0. The van der Waals surface area contributed by atoms with E-state index in [2.05, 4.69) is 173 Å². The maximum absolute atomic E-state index is 5.24. The van der Waals surface area contributed by atoms with Crippen LogP contribution in [-0.4, -0.2) is 30.5 Å². The van der Waals surface area contributed by atoms with Crippen LogP contribution < -0.4 is 9.80 Å². The van der Waals surface area contributed by atoms with E-state index in [1.807, 2.05) is 36.5 Å². The molecule has 3 aromatic heterocycles. The van der Waals surface area contributed by atoms with Crippen molar-refractivity contribution in [3.8, 4) is 40.0 Å². The van der Waals surface area contributed by atoms with Crippen LogP contribution in [0.25, 0.3) is 61.8 Å². The normalized spacial score (nSPS) is 13.1. The number of fused-ring (bicyclic) bond motifs is 4. The van der Waals surface area contributed by atoms with Gasteiger partial charge < -0.3 is 19.4 Å². The van der Waals surface area contributed by atoms with Gasteiger partial charge in [0.15, 0.2) is 0 Å². The van der Waals surface area contributed by atoms with Crippen molar-refractivity contribution in [3.05, 3.63) is 151 Å². The first-order valence-corrected chi connectivity index (χ1v) is 19.7. The van der Waals surface area contributed by atoms with Crippen LogP contribution in [0.4, 0.5) is 17.1 Å². The number of benzene rings is 5. The molecule has 58 heavy (non-hydrogen) atoms. The molecule has 0 saturated carbocycles. The molecule has 0 saturated heterocycles. The van der Waals surface area contributed by atoms with Gasteiger partial charge in [0.25, 0.3) is 0 Å². The zero-order valence-corrected chi connectivity index (χ0v) is 36.4. The molecule has 7 nitrogen and oxygen atoms in total. The SMILES string of the molecule is CC(C)N1[CH-]N(c2[c-]c(-c3nc(-c4[c-]c5c(cc4)c4ccccc4n5-c4cc(C(C)(C)C)ccn4)nc(-c4ccccc4)n3)cc(C(C)(C)C)c2)c2ccccc21.[Pt]. The number of rotatable bonds is 6. The fourth-order valence-corrected chi connectivity index (χ4v) is 7.58. The monoisotopic (exact) mass is 939 g/mol. The van der Waals surface area contributed by atoms with Crippen molar-refractivity contribution in [2.24, 2.45) is 0 Å². The van der Waals surface area contributed by atoms with E-state index in [1.54, 1.807) is 0 Å². The third kappa shape index (κ3) is 7.11. The first-order chi connectivity index (χ1) is 27.3. The maximum Gasteiger partial charge on any atom is 0.144 e. The summed E-state index contributed by atoms with van der Waals surface area (Å²) < 4.78 is 2.21. The number of hydrogen-bond donors (Lipinski definition) is 0. The van der Waals surface area contributed by atoms with Crippen LogP contribution in [0, 0.1) is 18.8 Å². The third-order valence-corrected chi connectivity index (χ3v) is 10.8. The number of hydrogen-bond acceptors (Lipinski definition) is 6. The number of pyridine rings is 1. The van der Waals surface area contributed by atoms with Crippen LogP contribution in [0.2, 0.25) is 0 Å². The zero-order valence-electron chi connectivity index (χ0n) is 34.1. The van der Waals surface area contributed by atoms with Crippen molar-refractivity contribution in [3.63, 3.8) is 0 Å². The summed E-state index contributed by atoms with van der Waals surface area (Å²) in [6, 6.07) is 47.9. The van der Waals surface area contributed by atoms with Crippen molar-refractivity contribution in [1.29, 1.82) is 0 Å². The van der Waals surface area contributed by atoms with E-state index < -0.39 is 0 Å². The molecular formula is C50H46N7Pt-3. The molecule has 8 heteroatoms. The Bertz CT molecular complexity index is 2790. The van der Waals surface area contributed by atoms with Gasteiger partial charge in [0.1, 0.15) is 11.6 Å². The van der Waals surface area contributed by atoms with Crippen LogP contribution >= 0.6 is 0 Å². The quantitative estimate of drug-likeness (QED) is 0.155. The largest absolute Gasteiger partial charge is 0.499 e. The molecule has 0 unspecified atom stereocenters. The van der Waals surface area contributed by atoms with Crippen molar-refractivity contribution in [1.82, 2.24) is 24.5 Å². The Kier molecular flexibility index (Phi) is 10.1. The Labute approximate surface area is 356 Å². The molecule has 0 aliphatic carbocycles. The summed E-state index contributed by atoms with van der Waals surface area (Å²) in [4.78, 5) is 24.9. The van der Waals surface area contributed by atoms with Crippen molar-refractivity contribution in [2.75, 3.05) is 9.80 Å². The van der Waals surface area contributed by atoms with Crippen LogP contribution in [0.1, 0.15) is 66.5 Å². The molecule has 0 radical (unpaired) electrons. The van der Waals surface area contributed by atoms with Gasteiger partial charge in [-0.1, -0.05) is 113 Å². The minimum atomic E-state index is -0.155. The molecule has 1 aliphatic rings. The third-order valence-electron chi connectivity index (χ3n) is 10.8. The smallest absolute Gasteiger partial charge is 0.144 e. The maximum atomic E-state index is 5.24. The van der Waals surface area contributed by atoms with Gasteiger partial charge in [-0.15, -0.1) is 53.1 Å². The molecule has 0 N–H and O–H groups in total.